The van der Waals surface area contributed by atoms with Crippen LogP contribution >= 0.6 is 0 Å². The molecule has 0 aromatic heterocycles. The second-order valence-electron chi connectivity index (χ2n) is 7.87. The summed E-state index contributed by atoms with van der Waals surface area (Å²) in [5, 5.41) is 12.4. The van der Waals surface area contributed by atoms with Crippen LogP contribution in [0.1, 0.15) is 31.8 Å². The Bertz CT molecular complexity index is 1180. The maximum absolute atomic E-state index is 13.4. The van der Waals surface area contributed by atoms with E-state index in [1.807, 2.05) is 60.7 Å². The minimum absolute atomic E-state index is 0.285. The van der Waals surface area contributed by atoms with Gasteiger partial charge in [-0.15, -0.1) is 0 Å². The van der Waals surface area contributed by atoms with Crippen molar-refractivity contribution in [3.05, 3.63) is 95.1 Å². The van der Waals surface area contributed by atoms with Gasteiger partial charge in [0.25, 0.3) is 11.8 Å². The summed E-state index contributed by atoms with van der Waals surface area (Å²) in [5.41, 5.74) is 3.34. The quantitative estimate of drug-likeness (QED) is 0.461. The maximum Gasteiger partial charge on any atom is 0.256 e. The van der Waals surface area contributed by atoms with Crippen molar-refractivity contribution in [2.24, 2.45) is 9.98 Å². The molecule has 3 aromatic rings. The van der Waals surface area contributed by atoms with Gasteiger partial charge >= 0.3 is 0 Å². The van der Waals surface area contributed by atoms with Crippen molar-refractivity contribution in [1.82, 2.24) is 10.6 Å². The number of hydrogen-bond acceptors (Lipinski definition) is 6. The summed E-state index contributed by atoms with van der Waals surface area (Å²) in [6.45, 7) is 2.51. The third-order valence-corrected chi connectivity index (χ3v) is 5.58. The van der Waals surface area contributed by atoms with Crippen molar-refractivity contribution in [2.45, 2.75) is 0 Å². The number of carbonyl (C=O) groups excluding carboxylic acids is 2. The van der Waals surface area contributed by atoms with Crippen molar-refractivity contribution in [2.75, 3.05) is 36.8 Å². The first kappa shape index (κ1) is 21.4. The van der Waals surface area contributed by atoms with Crippen molar-refractivity contribution < 1.29 is 9.59 Å². The summed E-state index contributed by atoms with van der Waals surface area (Å²) < 4.78 is 0. The van der Waals surface area contributed by atoms with Gasteiger partial charge in [-0.1, -0.05) is 36.4 Å². The van der Waals surface area contributed by atoms with Gasteiger partial charge in [0.1, 0.15) is 11.7 Å². The smallest absolute Gasteiger partial charge is 0.256 e. The lowest BCUT2D eigenvalue weighted by Crippen LogP contribution is -2.32. The van der Waals surface area contributed by atoms with Gasteiger partial charge in [0.05, 0.1) is 24.2 Å². The molecule has 0 atom stereocenters. The van der Waals surface area contributed by atoms with Gasteiger partial charge in [-0.2, -0.15) is 0 Å². The van der Waals surface area contributed by atoms with Gasteiger partial charge in [-0.05, 0) is 36.4 Å². The zero-order chi connectivity index (χ0) is 23.3. The van der Waals surface area contributed by atoms with E-state index in [2.05, 4.69) is 31.3 Å². The predicted molar refractivity (Wildman–Crippen MR) is 134 cm³/mol. The van der Waals surface area contributed by atoms with Crippen molar-refractivity contribution in [3.63, 3.8) is 0 Å². The summed E-state index contributed by atoms with van der Waals surface area (Å²) >= 11 is 0. The minimum Gasteiger partial charge on any atom is -0.368 e. The highest BCUT2D eigenvalue weighted by Gasteiger charge is 2.29. The first-order valence-corrected chi connectivity index (χ1v) is 11.2. The van der Waals surface area contributed by atoms with E-state index >= 15 is 0 Å². The van der Waals surface area contributed by atoms with Crippen LogP contribution < -0.4 is 21.3 Å². The Hall–Kier alpha value is -4.46. The van der Waals surface area contributed by atoms with Crippen LogP contribution in [-0.2, 0) is 0 Å². The van der Waals surface area contributed by atoms with Gasteiger partial charge in [-0.3, -0.25) is 19.6 Å². The molecule has 8 heteroatoms. The van der Waals surface area contributed by atoms with E-state index in [9.17, 15) is 9.59 Å². The highest BCUT2D eigenvalue weighted by Crippen LogP contribution is 2.25. The molecule has 0 aliphatic carbocycles. The highest BCUT2D eigenvalue weighted by atomic mass is 16.2. The molecule has 0 saturated heterocycles. The number of rotatable bonds is 6. The molecule has 0 fully saturated rings. The van der Waals surface area contributed by atoms with Crippen LogP contribution in [0.25, 0.3) is 0 Å². The molecule has 0 spiro atoms. The lowest BCUT2D eigenvalue weighted by atomic mass is 9.92. The number of amides is 2. The van der Waals surface area contributed by atoms with Crippen LogP contribution in [0, 0.1) is 0 Å². The molecular formula is C26H24N6O2. The Morgan fingerprint density at radius 1 is 0.618 bits per heavy atom. The van der Waals surface area contributed by atoms with Crippen LogP contribution in [0.15, 0.2) is 82.8 Å². The number of aliphatic imine (C=N–C) groups is 2. The standard InChI is InChI=1S/C26H24N6O2/c33-25(31-17-7-3-1-4-8-17)19-11-12-20(26(34)32-18-9-5-2-6-10-18)22(24-29-15-16-30-24)21(19)23-27-13-14-28-23/h1-12H,13-16H2,(H,27,28)(H,29,30)(H,31,33)(H,32,34). The molecule has 0 unspecified atom stereocenters. The first-order valence-electron chi connectivity index (χ1n) is 11.2. The van der Waals surface area contributed by atoms with E-state index in [1.165, 1.54) is 0 Å². The topological polar surface area (TPSA) is 107 Å². The molecule has 2 heterocycles. The highest BCUT2D eigenvalue weighted by molar-refractivity contribution is 6.23. The fourth-order valence-electron chi connectivity index (χ4n) is 4.04. The van der Waals surface area contributed by atoms with E-state index in [-0.39, 0.29) is 11.8 Å². The fourth-order valence-corrected chi connectivity index (χ4v) is 4.04. The molecular weight excluding hydrogens is 428 g/mol. The van der Waals surface area contributed by atoms with Crippen molar-refractivity contribution in [1.29, 1.82) is 0 Å². The Labute approximate surface area is 197 Å². The maximum atomic E-state index is 13.4. The second kappa shape index (κ2) is 9.58. The van der Waals surface area contributed by atoms with Crippen LogP contribution in [0.4, 0.5) is 11.4 Å². The normalized spacial score (nSPS) is 14.5. The molecule has 34 heavy (non-hydrogen) atoms. The number of benzene rings is 3. The molecule has 0 bridgehead atoms. The van der Waals surface area contributed by atoms with E-state index < -0.39 is 0 Å². The lowest BCUT2D eigenvalue weighted by Gasteiger charge is -2.19. The van der Waals surface area contributed by atoms with Crippen LogP contribution in [0.5, 0.6) is 0 Å². The molecule has 8 nitrogen and oxygen atoms in total. The number of hydrogen-bond donors (Lipinski definition) is 4. The first-order chi connectivity index (χ1) is 16.7. The van der Waals surface area contributed by atoms with Crippen LogP contribution in [-0.4, -0.2) is 49.7 Å². The summed E-state index contributed by atoms with van der Waals surface area (Å²) in [4.78, 5) is 35.9. The SMILES string of the molecule is O=C(Nc1ccccc1)c1ccc(C(=O)Nc2ccccc2)c(C2=NCCN2)c1C1=NCCN1. The molecule has 2 aliphatic heterocycles. The molecule has 5 rings (SSSR count). The third kappa shape index (κ3) is 4.38. The monoisotopic (exact) mass is 452 g/mol. The van der Waals surface area contributed by atoms with Crippen LogP contribution in [0.3, 0.4) is 0 Å². The summed E-state index contributed by atoms with van der Waals surface area (Å²) in [5.74, 6) is 0.595. The molecule has 2 amide bonds. The number of nitrogens with one attached hydrogen (secondary N) is 4. The van der Waals surface area contributed by atoms with Gasteiger partial charge < -0.3 is 21.3 Å². The summed E-state index contributed by atoms with van der Waals surface area (Å²) in [7, 11) is 0. The number of amidine groups is 2. The number of para-hydroxylation sites is 2. The van der Waals surface area contributed by atoms with Gasteiger partial charge in [-0.25, -0.2) is 0 Å². The average Bonchev–Trinajstić information content (AvgIpc) is 3.59. The average molecular weight is 453 g/mol. The van der Waals surface area contributed by atoms with Crippen molar-refractivity contribution >= 4 is 34.9 Å². The molecule has 2 aliphatic rings. The molecule has 4 N–H and O–H groups in total. The molecule has 0 radical (unpaired) electrons. The molecule has 0 saturated carbocycles. The minimum atomic E-state index is -0.285. The van der Waals surface area contributed by atoms with Gasteiger partial charge in [0.2, 0.25) is 0 Å². The zero-order valence-corrected chi connectivity index (χ0v) is 18.5. The Morgan fingerprint density at radius 3 is 1.38 bits per heavy atom. The predicted octanol–water partition coefficient (Wildman–Crippen LogP) is 2.89. The Kier molecular flexibility index (Phi) is 6.03. The van der Waals surface area contributed by atoms with Crippen molar-refractivity contribution in [3.8, 4) is 0 Å². The Balaban J connectivity index is 1.62. The number of carbonyl (C=O) groups is 2. The van der Waals surface area contributed by atoms with E-state index in [4.69, 9.17) is 0 Å². The number of anilines is 2. The second-order valence-corrected chi connectivity index (χ2v) is 7.87. The summed E-state index contributed by atoms with van der Waals surface area (Å²) in [6, 6.07) is 21.9. The lowest BCUT2D eigenvalue weighted by molar-refractivity contribution is 0.101. The van der Waals surface area contributed by atoms with Gasteiger partial charge in [0, 0.05) is 35.6 Å². The molecule has 3 aromatic carbocycles. The fraction of sp³-hybridized carbons (Fsp3) is 0.154. The van der Waals surface area contributed by atoms with E-state index in [0.717, 1.165) is 0 Å². The number of nitrogens with zero attached hydrogens (tertiary/aromatic N) is 2. The summed E-state index contributed by atoms with van der Waals surface area (Å²) in [6.07, 6.45) is 0. The Morgan fingerprint density at radius 2 is 1.03 bits per heavy atom. The zero-order valence-electron chi connectivity index (χ0n) is 18.5. The van der Waals surface area contributed by atoms with E-state index in [0.29, 0.717) is 71.5 Å². The molecule has 170 valence electrons. The van der Waals surface area contributed by atoms with Gasteiger partial charge in [0.15, 0.2) is 0 Å². The third-order valence-electron chi connectivity index (χ3n) is 5.58. The largest absolute Gasteiger partial charge is 0.368 e. The van der Waals surface area contributed by atoms with Crippen LogP contribution in [0.2, 0.25) is 0 Å². The van der Waals surface area contributed by atoms with E-state index in [1.54, 1.807) is 12.1 Å².